The van der Waals surface area contributed by atoms with Gasteiger partial charge in [0.05, 0.1) is 23.0 Å². The fourth-order valence-corrected chi connectivity index (χ4v) is 2.19. The first-order chi connectivity index (χ1) is 10.0. The van der Waals surface area contributed by atoms with E-state index < -0.39 is 5.97 Å². The molecular formula is C15H17ClN2O3. The van der Waals surface area contributed by atoms with E-state index in [0.717, 1.165) is 11.4 Å². The topological polar surface area (TPSA) is 64.4 Å². The summed E-state index contributed by atoms with van der Waals surface area (Å²) in [6.07, 6.45) is 0.715. The van der Waals surface area contributed by atoms with Gasteiger partial charge in [-0.2, -0.15) is 5.10 Å². The maximum Gasteiger partial charge on any atom is 0.339 e. The van der Waals surface area contributed by atoms with Crippen LogP contribution in [-0.2, 0) is 6.54 Å². The number of carbonyl (C=O) groups is 1. The lowest BCUT2D eigenvalue weighted by Crippen LogP contribution is -2.09. The zero-order valence-corrected chi connectivity index (χ0v) is 12.7. The molecule has 1 heterocycles. The van der Waals surface area contributed by atoms with Gasteiger partial charge in [0.1, 0.15) is 11.3 Å². The highest BCUT2D eigenvalue weighted by atomic mass is 35.5. The number of nitrogens with zero attached hydrogens (tertiary/aromatic N) is 2. The van der Waals surface area contributed by atoms with Crippen LogP contribution >= 0.6 is 11.6 Å². The maximum absolute atomic E-state index is 11.1. The van der Waals surface area contributed by atoms with Crippen LogP contribution in [0.15, 0.2) is 24.3 Å². The highest BCUT2D eigenvalue weighted by Crippen LogP contribution is 2.20. The van der Waals surface area contributed by atoms with Crippen LogP contribution in [0, 0.1) is 13.8 Å². The van der Waals surface area contributed by atoms with E-state index >= 15 is 0 Å². The Kier molecular flexibility index (Phi) is 4.85. The normalized spacial score (nSPS) is 10.6. The summed E-state index contributed by atoms with van der Waals surface area (Å²) in [6.45, 7) is 4.88. The van der Waals surface area contributed by atoms with Crippen molar-refractivity contribution in [2.75, 3.05) is 6.61 Å². The molecule has 6 heteroatoms. The molecule has 0 saturated carbocycles. The second-order valence-electron chi connectivity index (χ2n) is 4.71. The van der Waals surface area contributed by atoms with Crippen molar-refractivity contribution in [3.8, 4) is 5.75 Å². The Morgan fingerprint density at radius 3 is 2.71 bits per heavy atom. The largest absolute Gasteiger partial charge is 0.493 e. The van der Waals surface area contributed by atoms with Crippen molar-refractivity contribution < 1.29 is 14.6 Å². The quantitative estimate of drug-likeness (QED) is 0.831. The summed E-state index contributed by atoms with van der Waals surface area (Å²) in [5.74, 6) is -0.604. The Hall–Kier alpha value is -2.01. The van der Waals surface area contributed by atoms with Crippen LogP contribution in [0.25, 0.3) is 0 Å². The standard InChI is InChI=1S/C15H17ClN2O3/c1-10-14(16)11(2)18(17-10)8-5-9-21-13-7-4-3-6-12(13)15(19)20/h3-4,6-7H,5,8-9H2,1-2H3,(H,19,20). The number of ether oxygens (including phenoxy) is 1. The Morgan fingerprint density at radius 2 is 2.10 bits per heavy atom. The molecule has 2 aromatic rings. The van der Waals surface area contributed by atoms with Crippen molar-refractivity contribution in [3.63, 3.8) is 0 Å². The molecule has 1 aromatic heterocycles. The molecule has 0 atom stereocenters. The van der Waals surface area contributed by atoms with Gasteiger partial charge in [0.25, 0.3) is 0 Å². The lowest BCUT2D eigenvalue weighted by Gasteiger charge is -2.09. The first kappa shape index (κ1) is 15.4. The van der Waals surface area contributed by atoms with E-state index in [-0.39, 0.29) is 5.56 Å². The number of para-hydroxylation sites is 1. The summed E-state index contributed by atoms with van der Waals surface area (Å²) < 4.78 is 7.38. The Balaban J connectivity index is 1.91. The monoisotopic (exact) mass is 308 g/mol. The highest BCUT2D eigenvalue weighted by Gasteiger charge is 2.11. The number of hydrogen-bond donors (Lipinski definition) is 1. The van der Waals surface area contributed by atoms with Crippen LogP contribution in [0.2, 0.25) is 5.02 Å². The van der Waals surface area contributed by atoms with Gasteiger partial charge in [-0.05, 0) is 26.0 Å². The Labute approximate surface area is 128 Å². The minimum absolute atomic E-state index is 0.173. The molecule has 1 aromatic carbocycles. The van der Waals surface area contributed by atoms with Gasteiger partial charge in [-0.25, -0.2) is 4.79 Å². The van der Waals surface area contributed by atoms with Crippen molar-refractivity contribution >= 4 is 17.6 Å². The molecule has 112 valence electrons. The van der Waals surface area contributed by atoms with Crippen molar-refractivity contribution in [1.82, 2.24) is 9.78 Å². The Bertz CT molecular complexity index is 652. The number of aryl methyl sites for hydroxylation is 2. The van der Waals surface area contributed by atoms with Crippen LogP contribution < -0.4 is 4.74 Å². The molecule has 0 aliphatic heterocycles. The lowest BCUT2D eigenvalue weighted by molar-refractivity contribution is 0.0692. The van der Waals surface area contributed by atoms with E-state index in [1.54, 1.807) is 18.2 Å². The van der Waals surface area contributed by atoms with Crippen molar-refractivity contribution in [2.45, 2.75) is 26.8 Å². The average Bonchev–Trinajstić information content (AvgIpc) is 2.71. The van der Waals surface area contributed by atoms with Gasteiger partial charge in [0.15, 0.2) is 0 Å². The van der Waals surface area contributed by atoms with Crippen LogP contribution in [-0.4, -0.2) is 27.5 Å². The summed E-state index contributed by atoms with van der Waals surface area (Å²) in [4.78, 5) is 11.1. The zero-order valence-electron chi connectivity index (χ0n) is 12.0. The van der Waals surface area contributed by atoms with Crippen LogP contribution in [0.1, 0.15) is 28.2 Å². The SMILES string of the molecule is Cc1nn(CCCOc2ccccc2C(=O)O)c(C)c1Cl. The third-order valence-electron chi connectivity index (χ3n) is 3.18. The summed E-state index contributed by atoms with van der Waals surface area (Å²) in [5, 5.41) is 14.1. The van der Waals surface area contributed by atoms with Gasteiger partial charge >= 0.3 is 5.97 Å². The zero-order chi connectivity index (χ0) is 15.4. The molecule has 0 fully saturated rings. The van der Waals surface area contributed by atoms with E-state index in [9.17, 15) is 4.79 Å². The van der Waals surface area contributed by atoms with E-state index in [1.165, 1.54) is 6.07 Å². The molecule has 5 nitrogen and oxygen atoms in total. The first-order valence-corrected chi connectivity index (χ1v) is 7.03. The van der Waals surface area contributed by atoms with Crippen molar-refractivity contribution in [1.29, 1.82) is 0 Å². The molecule has 0 radical (unpaired) electrons. The molecule has 0 unspecified atom stereocenters. The fourth-order valence-electron chi connectivity index (χ4n) is 2.06. The number of rotatable bonds is 6. The van der Waals surface area contributed by atoms with E-state index in [2.05, 4.69) is 5.10 Å². The Morgan fingerprint density at radius 1 is 1.38 bits per heavy atom. The molecular weight excluding hydrogens is 292 g/mol. The summed E-state index contributed by atoms with van der Waals surface area (Å²) in [5.41, 5.74) is 1.91. The molecule has 0 amide bonds. The summed E-state index contributed by atoms with van der Waals surface area (Å²) >= 11 is 6.08. The molecule has 0 bridgehead atoms. The molecule has 1 N–H and O–H groups in total. The van der Waals surface area contributed by atoms with Crippen LogP contribution in [0.3, 0.4) is 0 Å². The number of aromatic nitrogens is 2. The minimum Gasteiger partial charge on any atom is -0.493 e. The lowest BCUT2D eigenvalue weighted by atomic mass is 10.2. The minimum atomic E-state index is -0.990. The molecule has 0 spiro atoms. The van der Waals surface area contributed by atoms with E-state index in [4.69, 9.17) is 21.4 Å². The third-order valence-corrected chi connectivity index (χ3v) is 3.73. The number of carboxylic acid groups (broad SMARTS) is 1. The third kappa shape index (κ3) is 3.55. The molecule has 0 aliphatic rings. The number of aromatic carboxylic acids is 1. The average molecular weight is 309 g/mol. The van der Waals surface area contributed by atoms with E-state index in [0.29, 0.717) is 30.3 Å². The van der Waals surface area contributed by atoms with Crippen LogP contribution in [0.4, 0.5) is 0 Å². The maximum atomic E-state index is 11.1. The summed E-state index contributed by atoms with van der Waals surface area (Å²) in [6, 6.07) is 6.61. The number of hydrogen-bond acceptors (Lipinski definition) is 3. The van der Waals surface area contributed by atoms with Crippen molar-refractivity contribution in [2.24, 2.45) is 0 Å². The van der Waals surface area contributed by atoms with Crippen LogP contribution in [0.5, 0.6) is 5.75 Å². The van der Waals surface area contributed by atoms with E-state index in [1.807, 2.05) is 18.5 Å². The number of carboxylic acids is 1. The molecule has 0 saturated heterocycles. The summed E-state index contributed by atoms with van der Waals surface area (Å²) in [7, 11) is 0. The second-order valence-corrected chi connectivity index (χ2v) is 5.09. The molecule has 21 heavy (non-hydrogen) atoms. The molecule has 2 rings (SSSR count). The number of benzene rings is 1. The van der Waals surface area contributed by atoms with Crippen molar-refractivity contribution in [3.05, 3.63) is 46.2 Å². The highest BCUT2D eigenvalue weighted by molar-refractivity contribution is 6.31. The van der Waals surface area contributed by atoms with Gasteiger partial charge in [0.2, 0.25) is 0 Å². The van der Waals surface area contributed by atoms with Gasteiger partial charge in [0, 0.05) is 13.0 Å². The van der Waals surface area contributed by atoms with Gasteiger partial charge in [-0.3, -0.25) is 4.68 Å². The predicted molar refractivity (Wildman–Crippen MR) is 80.2 cm³/mol. The second kappa shape index (κ2) is 6.63. The fraction of sp³-hybridized carbons (Fsp3) is 0.333. The smallest absolute Gasteiger partial charge is 0.339 e. The van der Waals surface area contributed by atoms with Gasteiger partial charge in [-0.15, -0.1) is 0 Å². The van der Waals surface area contributed by atoms with Gasteiger partial charge < -0.3 is 9.84 Å². The molecule has 0 aliphatic carbocycles. The van der Waals surface area contributed by atoms with Gasteiger partial charge in [-0.1, -0.05) is 23.7 Å². The predicted octanol–water partition coefficient (Wildman–Crippen LogP) is 3.32. The first-order valence-electron chi connectivity index (χ1n) is 6.65. The number of halogens is 1.